The van der Waals surface area contributed by atoms with Crippen molar-refractivity contribution in [1.82, 2.24) is 5.43 Å². The Morgan fingerprint density at radius 1 is 1.17 bits per heavy atom. The van der Waals surface area contributed by atoms with Gasteiger partial charge in [0.1, 0.15) is 17.4 Å². The van der Waals surface area contributed by atoms with Gasteiger partial charge in [-0.3, -0.25) is 15.0 Å². The normalized spacial score (nSPS) is 12.4. The molecule has 2 aromatic carbocycles. The molecule has 8 nitrogen and oxygen atoms in total. The number of amides is 2. The first kappa shape index (κ1) is 18.5. The number of anilines is 1. The van der Waals surface area contributed by atoms with Crippen molar-refractivity contribution < 1.29 is 18.8 Å². The molecule has 146 valence electrons. The highest BCUT2D eigenvalue weighted by molar-refractivity contribution is 6.08. The van der Waals surface area contributed by atoms with Gasteiger partial charge in [0.15, 0.2) is 5.76 Å². The molecule has 6 N–H and O–H groups in total. The van der Waals surface area contributed by atoms with Crippen molar-refractivity contribution in [3.8, 4) is 11.3 Å². The van der Waals surface area contributed by atoms with Gasteiger partial charge in [0, 0.05) is 34.9 Å². The van der Waals surface area contributed by atoms with Gasteiger partial charge in [0.05, 0.1) is 0 Å². The van der Waals surface area contributed by atoms with Crippen molar-refractivity contribution in [2.75, 3.05) is 5.32 Å². The Balaban J connectivity index is 1.80. The Labute approximate surface area is 165 Å². The second-order valence-corrected chi connectivity index (χ2v) is 6.83. The second kappa shape index (κ2) is 7.27. The van der Waals surface area contributed by atoms with Crippen LogP contribution >= 0.6 is 0 Å². The maximum absolute atomic E-state index is 11.9. The van der Waals surface area contributed by atoms with Gasteiger partial charge in [-0.15, -0.1) is 0 Å². The quantitative estimate of drug-likeness (QED) is 0.227. The van der Waals surface area contributed by atoms with E-state index in [1.54, 1.807) is 6.07 Å². The number of fused-ring (bicyclic) bond motifs is 2. The van der Waals surface area contributed by atoms with Gasteiger partial charge in [0.25, 0.3) is 5.91 Å². The van der Waals surface area contributed by atoms with E-state index >= 15 is 0 Å². The summed E-state index contributed by atoms with van der Waals surface area (Å²) in [4.78, 5) is 34.2. The summed E-state index contributed by atoms with van der Waals surface area (Å²) in [5.41, 5.74) is 11.5. The maximum Gasteiger partial charge on any atom is 0.285 e. The number of carbonyl (C=O) groups is 2. The van der Waals surface area contributed by atoms with Crippen molar-refractivity contribution in [3.63, 3.8) is 0 Å². The van der Waals surface area contributed by atoms with E-state index in [0.29, 0.717) is 29.7 Å². The molecule has 1 aliphatic rings. The summed E-state index contributed by atoms with van der Waals surface area (Å²) >= 11 is 0. The van der Waals surface area contributed by atoms with E-state index in [1.165, 1.54) is 0 Å². The number of benzene rings is 2. The lowest BCUT2D eigenvalue weighted by Crippen LogP contribution is -2.30. The zero-order chi connectivity index (χ0) is 20.5. The second-order valence-electron chi connectivity index (χ2n) is 6.83. The van der Waals surface area contributed by atoms with E-state index in [-0.39, 0.29) is 18.1 Å². The minimum absolute atomic E-state index is 0.0772. The van der Waals surface area contributed by atoms with Crippen LogP contribution in [0.25, 0.3) is 22.1 Å². The lowest BCUT2D eigenvalue weighted by Gasteiger charge is -2.04. The van der Waals surface area contributed by atoms with Gasteiger partial charge in [-0.25, -0.2) is 10.6 Å². The predicted octanol–water partition coefficient (Wildman–Crippen LogP) is 1.80. The molecule has 0 fully saturated rings. The summed E-state index contributed by atoms with van der Waals surface area (Å²) in [6, 6.07) is 11.1. The fourth-order valence-corrected chi connectivity index (χ4v) is 3.53. The number of aryl methyl sites for hydroxylation is 1. The van der Waals surface area contributed by atoms with Crippen LogP contribution in [0.3, 0.4) is 0 Å². The average molecular weight is 390 g/mol. The van der Waals surface area contributed by atoms with Crippen molar-refractivity contribution in [2.45, 2.75) is 19.3 Å². The van der Waals surface area contributed by atoms with Crippen LogP contribution in [0.4, 0.5) is 5.69 Å². The molecular weight excluding hydrogens is 372 g/mol. The van der Waals surface area contributed by atoms with E-state index < -0.39 is 5.91 Å². The van der Waals surface area contributed by atoms with E-state index in [0.717, 1.165) is 27.8 Å². The zero-order valence-corrected chi connectivity index (χ0v) is 15.4. The fourth-order valence-electron chi connectivity index (χ4n) is 3.53. The highest BCUT2D eigenvalue weighted by atomic mass is 16.4. The Morgan fingerprint density at radius 3 is 2.72 bits per heavy atom. The van der Waals surface area contributed by atoms with E-state index in [1.807, 2.05) is 36.3 Å². The molecule has 0 spiro atoms. The highest BCUT2D eigenvalue weighted by Gasteiger charge is 2.21. The number of rotatable bonds is 5. The first-order chi connectivity index (χ1) is 14.0. The summed E-state index contributed by atoms with van der Waals surface area (Å²) in [5, 5.41) is 4.33. The van der Waals surface area contributed by atoms with Crippen LogP contribution < -0.4 is 22.3 Å². The van der Waals surface area contributed by atoms with Crippen LogP contribution in [0.1, 0.15) is 28.1 Å². The lowest BCUT2D eigenvalue weighted by molar-refractivity contribution is -0.121. The third-order valence-corrected chi connectivity index (χ3v) is 4.95. The lowest BCUT2D eigenvalue weighted by atomic mass is 10.00. The van der Waals surface area contributed by atoms with Crippen LogP contribution in [0.5, 0.6) is 0 Å². The molecule has 0 saturated carbocycles. The molecule has 4 rings (SSSR count). The Bertz CT molecular complexity index is 1200. The van der Waals surface area contributed by atoms with E-state index in [9.17, 15) is 14.4 Å². The topological polar surface area (TPSA) is 140 Å². The summed E-state index contributed by atoms with van der Waals surface area (Å²) in [6.45, 7) is 0. The molecule has 0 atom stereocenters. The summed E-state index contributed by atoms with van der Waals surface area (Å²) < 4.78 is 5.85. The smallest absolute Gasteiger partial charge is 0.285 e. The standard InChI is InChI=1S/C21H18N4O4/c22-21(28)20-15-4-1-11(2-6-18(27)25-23)7-16(15)19(29-20)12-3-5-17-13(8-12)9-14(10-26)24-17/h1,3-5,7-8,24H,2,6,9,23H2,(H2,22,28)(H,25,27). The van der Waals surface area contributed by atoms with Crippen molar-refractivity contribution >= 4 is 34.2 Å². The van der Waals surface area contributed by atoms with Gasteiger partial charge in [-0.05, 0) is 41.8 Å². The van der Waals surface area contributed by atoms with Crippen molar-refractivity contribution in [1.29, 1.82) is 0 Å². The number of hydrogen-bond donors (Lipinski definition) is 4. The Morgan fingerprint density at radius 2 is 2.00 bits per heavy atom. The Kier molecular flexibility index (Phi) is 4.64. The monoisotopic (exact) mass is 390 g/mol. The summed E-state index contributed by atoms with van der Waals surface area (Å²) in [5.74, 6) is 6.67. The molecule has 1 aliphatic heterocycles. The minimum Gasteiger partial charge on any atom is -0.450 e. The number of hydrogen-bond acceptors (Lipinski definition) is 6. The van der Waals surface area contributed by atoms with Crippen LogP contribution in [0.2, 0.25) is 0 Å². The van der Waals surface area contributed by atoms with Crippen LogP contribution in [0, 0.1) is 0 Å². The first-order valence-electron chi connectivity index (χ1n) is 8.99. The molecule has 0 unspecified atom stereocenters. The molecule has 2 heterocycles. The number of furan rings is 1. The number of nitrogens with two attached hydrogens (primary N) is 2. The third-order valence-electron chi connectivity index (χ3n) is 4.95. The third kappa shape index (κ3) is 3.38. The first-order valence-corrected chi connectivity index (χ1v) is 8.99. The van der Waals surface area contributed by atoms with Crippen LogP contribution in [0.15, 0.2) is 46.5 Å². The largest absolute Gasteiger partial charge is 0.450 e. The van der Waals surface area contributed by atoms with E-state index in [2.05, 4.69) is 10.7 Å². The van der Waals surface area contributed by atoms with Crippen LogP contribution in [-0.2, 0) is 22.4 Å². The van der Waals surface area contributed by atoms with Gasteiger partial charge in [0.2, 0.25) is 5.91 Å². The molecule has 0 aliphatic carbocycles. The number of allylic oxidation sites excluding steroid dienone is 1. The highest BCUT2D eigenvalue weighted by Crippen LogP contribution is 2.37. The number of carbonyl (C=O) groups excluding carboxylic acids is 3. The minimum atomic E-state index is -0.662. The summed E-state index contributed by atoms with van der Waals surface area (Å²) in [6.07, 6.45) is 1.17. The molecule has 29 heavy (non-hydrogen) atoms. The average Bonchev–Trinajstić information content (AvgIpc) is 3.32. The molecule has 8 heteroatoms. The van der Waals surface area contributed by atoms with Gasteiger partial charge in [-0.1, -0.05) is 12.1 Å². The fraction of sp³-hybridized carbons (Fsp3) is 0.143. The number of nitrogens with one attached hydrogen (secondary N) is 2. The van der Waals surface area contributed by atoms with Gasteiger partial charge >= 0.3 is 0 Å². The maximum atomic E-state index is 11.9. The molecule has 0 radical (unpaired) electrons. The zero-order valence-electron chi connectivity index (χ0n) is 15.4. The van der Waals surface area contributed by atoms with Crippen molar-refractivity contribution in [2.24, 2.45) is 11.6 Å². The number of hydrazine groups is 1. The van der Waals surface area contributed by atoms with Crippen LogP contribution in [-0.4, -0.2) is 17.8 Å². The molecule has 3 aromatic rings. The van der Waals surface area contributed by atoms with E-state index in [4.69, 9.17) is 16.0 Å². The van der Waals surface area contributed by atoms with Gasteiger partial charge in [-0.2, -0.15) is 0 Å². The molecule has 1 aromatic heterocycles. The van der Waals surface area contributed by atoms with Gasteiger partial charge < -0.3 is 15.5 Å². The predicted molar refractivity (Wildman–Crippen MR) is 107 cm³/mol. The molecular formula is C21H18N4O4. The molecule has 0 bridgehead atoms. The van der Waals surface area contributed by atoms with Crippen molar-refractivity contribution in [3.05, 3.63) is 59.0 Å². The summed E-state index contributed by atoms with van der Waals surface area (Å²) in [7, 11) is 0. The molecule has 0 saturated heterocycles. The SMILES string of the molecule is NNC(=O)CCc1ccc2c(C(N)=O)oc(-c3ccc4c(c3)CC(=C=O)N4)c2c1. The number of primary amides is 1. The Hall–Kier alpha value is -3.87. The molecule has 2 amide bonds.